The van der Waals surface area contributed by atoms with Gasteiger partial charge in [0.15, 0.2) is 0 Å². The highest BCUT2D eigenvalue weighted by molar-refractivity contribution is 5.85. The molecule has 1 fully saturated rings. The van der Waals surface area contributed by atoms with Crippen LogP contribution in [0.5, 0.6) is 0 Å². The number of rotatable bonds is 3. The van der Waals surface area contributed by atoms with Crippen LogP contribution in [0.3, 0.4) is 0 Å². The highest BCUT2D eigenvalue weighted by atomic mass is 35.5. The summed E-state index contributed by atoms with van der Waals surface area (Å²) >= 11 is 0. The Morgan fingerprint density at radius 3 is 2.68 bits per heavy atom. The van der Waals surface area contributed by atoms with E-state index in [1.165, 1.54) is 13.2 Å². The van der Waals surface area contributed by atoms with Crippen molar-refractivity contribution < 1.29 is 13.9 Å². The fraction of sp³-hybridized carbons (Fsp3) is 0.500. The molecule has 0 radical (unpaired) electrons. The zero-order valence-electron chi connectivity index (χ0n) is 10.9. The fourth-order valence-electron chi connectivity index (χ4n) is 2.38. The zero-order chi connectivity index (χ0) is 13.0. The Bertz CT molecular complexity index is 433. The van der Waals surface area contributed by atoms with Crippen molar-refractivity contribution in [2.24, 2.45) is 0 Å². The first kappa shape index (κ1) is 15.9. The summed E-state index contributed by atoms with van der Waals surface area (Å²) in [6.45, 7) is 1.88. The summed E-state index contributed by atoms with van der Waals surface area (Å²) in [5, 5.41) is 3.27. The van der Waals surface area contributed by atoms with Gasteiger partial charge in [-0.15, -0.1) is 12.4 Å². The van der Waals surface area contributed by atoms with Crippen LogP contribution >= 0.6 is 12.4 Å². The molecular weight excluding hydrogens is 269 g/mol. The maximum atomic E-state index is 14.0. The van der Waals surface area contributed by atoms with Crippen molar-refractivity contribution >= 4 is 18.4 Å². The molecule has 19 heavy (non-hydrogen) atoms. The lowest BCUT2D eigenvalue weighted by Crippen LogP contribution is -2.27. The molecule has 1 aromatic carbocycles. The van der Waals surface area contributed by atoms with E-state index in [0.717, 1.165) is 31.5 Å². The molecule has 1 aromatic rings. The normalized spacial score (nSPS) is 15.7. The van der Waals surface area contributed by atoms with Crippen molar-refractivity contribution in [2.45, 2.75) is 25.2 Å². The summed E-state index contributed by atoms with van der Waals surface area (Å²) in [5.41, 5.74) is 1.43. The number of ether oxygens (including phenoxy) is 1. The van der Waals surface area contributed by atoms with Gasteiger partial charge in [-0.1, -0.05) is 12.1 Å². The number of methoxy groups -OCH3 is 1. The summed E-state index contributed by atoms with van der Waals surface area (Å²) in [5.74, 6) is -0.259. The van der Waals surface area contributed by atoms with Crippen molar-refractivity contribution in [3.05, 3.63) is 35.1 Å². The molecule has 1 saturated heterocycles. The molecule has 5 heteroatoms. The van der Waals surface area contributed by atoms with Crippen molar-refractivity contribution in [1.82, 2.24) is 5.32 Å². The molecule has 0 saturated carbocycles. The second-order valence-electron chi connectivity index (χ2n) is 4.63. The Morgan fingerprint density at radius 2 is 2.11 bits per heavy atom. The van der Waals surface area contributed by atoms with Gasteiger partial charge < -0.3 is 10.1 Å². The largest absolute Gasteiger partial charge is 0.469 e. The number of carbonyl (C=O) groups excluding carboxylic acids is 1. The van der Waals surface area contributed by atoms with Gasteiger partial charge in [0.2, 0.25) is 0 Å². The lowest BCUT2D eigenvalue weighted by atomic mass is 9.89. The maximum absolute atomic E-state index is 14.0. The topological polar surface area (TPSA) is 38.3 Å². The van der Waals surface area contributed by atoms with Crippen LogP contribution in [0, 0.1) is 5.82 Å². The summed E-state index contributed by atoms with van der Waals surface area (Å²) in [6.07, 6.45) is 2.06. The number of hydrogen-bond donors (Lipinski definition) is 1. The van der Waals surface area contributed by atoms with Gasteiger partial charge in [0, 0.05) is 0 Å². The lowest BCUT2D eigenvalue weighted by Gasteiger charge is -2.23. The molecule has 0 atom stereocenters. The third-order valence-corrected chi connectivity index (χ3v) is 3.42. The van der Waals surface area contributed by atoms with Gasteiger partial charge in [0.05, 0.1) is 13.5 Å². The maximum Gasteiger partial charge on any atom is 0.309 e. The van der Waals surface area contributed by atoms with Crippen LogP contribution in [0.15, 0.2) is 18.2 Å². The quantitative estimate of drug-likeness (QED) is 0.868. The van der Waals surface area contributed by atoms with Gasteiger partial charge >= 0.3 is 5.97 Å². The highest BCUT2D eigenvalue weighted by Gasteiger charge is 2.19. The van der Waals surface area contributed by atoms with Gasteiger partial charge in [-0.25, -0.2) is 4.39 Å². The molecule has 1 heterocycles. The number of benzene rings is 1. The number of nitrogens with one attached hydrogen (secondary N) is 1. The number of halogens is 2. The van der Waals surface area contributed by atoms with E-state index in [4.69, 9.17) is 0 Å². The molecule has 2 rings (SSSR count). The Balaban J connectivity index is 0.00000180. The van der Waals surface area contributed by atoms with Crippen molar-refractivity contribution in [2.75, 3.05) is 20.2 Å². The average molecular weight is 288 g/mol. The summed E-state index contributed by atoms with van der Waals surface area (Å²) in [7, 11) is 1.34. The second kappa shape index (κ2) is 7.46. The number of hydrogen-bond acceptors (Lipinski definition) is 3. The lowest BCUT2D eigenvalue weighted by molar-refractivity contribution is -0.139. The van der Waals surface area contributed by atoms with Crippen molar-refractivity contribution in [1.29, 1.82) is 0 Å². The summed E-state index contributed by atoms with van der Waals surface area (Å²) < 4.78 is 18.6. The van der Waals surface area contributed by atoms with E-state index >= 15 is 0 Å². The minimum atomic E-state index is -0.344. The van der Waals surface area contributed by atoms with Gasteiger partial charge in [-0.3, -0.25) is 4.79 Å². The molecule has 106 valence electrons. The monoisotopic (exact) mass is 287 g/mol. The van der Waals surface area contributed by atoms with E-state index in [-0.39, 0.29) is 30.6 Å². The Morgan fingerprint density at radius 1 is 1.42 bits per heavy atom. The number of esters is 1. The van der Waals surface area contributed by atoms with E-state index in [1.54, 1.807) is 0 Å². The van der Waals surface area contributed by atoms with E-state index in [9.17, 15) is 9.18 Å². The van der Waals surface area contributed by atoms with Gasteiger partial charge in [-0.05, 0) is 49.0 Å². The molecule has 1 aliphatic rings. The third kappa shape index (κ3) is 4.18. The first-order valence-corrected chi connectivity index (χ1v) is 6.26. The van der Waals surface area contributed by atoms with Crippen LogP contribution in [0.2, 0.25) is 0 Å². The SMILES string of the molecule is COC(=O)Cc1ccc(C2CCNCC2)c(F)c1.Cl. The first-order chi connectivity index (χ1) is 8.70. The molecule has 0 unspecified atom stereocenters. The van der Waals surface area contributed by atoms with Crippen LogP contribution < -0.4 is 5.32 Å². The Labute approximate surface area is 118 Å². The number of carbonyl (C=O) groups is 1. The molecule has 0 spiro atoms. The predicted molar refractivity (Wildman–Crippen MR) is 74.2 cm³/mol. The van der Waals surface area contributed by atoms with Gasteiger partial charge in [0.25, 0.3) is 0 Å². The fourth-order valence-corrected chi connectivity index (χ4v) is 2.38. The summed E-state index contributed by atoms with van der Waals surface area (Å²) in [4.78, 5) is 11.1. The van der Waals surface area contributed by atoms with Crippen LogP contribution in [0.25, 0.3) is 0 Å². The molecule has 0 amide bonds. The molecule has 1 aliphatic heterocycles. The molecular formula is C14H19ClFNO2. The highest BCUT2D eigenvalue weighted by Crippen LogP contribution is 2.27. The second-order valence-corrected chi connectivity index (χ2v) is 4.63. The van der Waals surface area contributed by atoms with Crippen molar-refractivity contribution in [3.63, 3.8) is 0 Å². The molecule has 3 nitrogen and oxygen atoms in total. The van der Waals surface area contributed by atoms with Gasteiger partial charge in [-0.2, -0.15) is 0 Å². The predicted octanol–water partition coefficient (Wildman–Crippen LogP) is 2.43. The van der Waals surface area contributed by atoms with Crippen molar-refractivity contribution in [3.8, 4) is 0 Å². The van der Waals surface area contributed by atoms with Crippen LogP contribution in [-0.4, -0.2) is 26.2 Å². The van der Waals surface area contributed by atoms with Crippen LogP contribution in [0.4, 0.5) is 4.39 Å². The van der Waals surface area contributed by atoms with Crippen LogP contribution in [0.1, 0.15) is 29.9 Å². The Kier molecular flexibility index (Phi) is 6.25. The van der Waals surface area contributed by atoms with E-state index in [0.29, 0.717) is 11.5 Å². The van der Waals surface area contributed by atoms with E-state index in [2.05, 4.69) is 10.1 Å². The summed E-state index contributed by atoms with van der Waals surface area (Å²) in [6, 6.07) is 5.08. The minimum absolute atomic E-state index is 0. The molecule has 0 aliphatic carbocycles. The first-order valence-electron chi connectivity index (χ1n) is 6.26. The van der Waals surface area contributed by atoms with Gasteiger partial charge in [0.1, 0.15) is 5.82 Å². The molecule has 0 aromatic heterocycles. The average Bonchev–Trinajstić information content (AvgIpc) is 2.40. The smallest absolute Gasteiger partial charge is 0.309 e. The van der Waals surface area contributed by atoms with Crippen LogP contribution in [-0.2, 0) is 16.0 Å². The molecule has 0 bridgehead atoms. The standard InChI is InChI=1S/C14H18FNO2.ClH/c1-18-14(17)9-10-2-3-12(13(15)8-10)11-4-6-16-7-5-11;/h2-3,8,11,16H,4-7,9H2,1H3;1H. The van der Waals surface area contributed by atoms with E-state index in [1.807, 2.05) is 12.1 Å². The number of piperidine rings is 1. The zero-order valence-corrected chi connectivity index (χ0v) is 11.8. The third-order valence-electron chi connectivity index (χ3n) is 3.42. The van der Waals surface area contributed by atoms with E-state index < -0.39 is 0 Å². The minimum Gasteiger partial charge on any atom is -0.469 e. The molecule has 1 N–H and O–H groups in total. The Hall–Kier alpha value is -1.13.